The second kappa shape index (κ2) is 3.41. The minimum Gasteiger partial charge on any atom is -0.298 e. The highest BCUT2D eigenvalue weighted by Crippen LogP contribution is 2.16. The summed E-state index contributed by atoms with van der Waals surface area (Å²) in [5.74, 6) is 0. The van der Waals surface area contributed by atoms with Crippen LogP contribution in [0.15, 0.2) is 30.5 Å². The van der Waals surface area contributed by atoms with Gasteiger partial charge in [0.2, 0.25) is 0 Å². The van der Waals surface area contributed by atoms with E-state index in [2.05, 4.69) is 10.2 Å². The number of hydrogen-bond acceptors (Lipinski definition) is 3. The number of aromatic nitrogens is 3. The number of carbonyl (C=O) groups is 1. The van der Waals surface area contributed by atoms with Crippen molar-refractivity contribution in [3.63, 3.8) is 0 Å². The molecule has 0 fully saturated rings. The first-order chi connectivity index (χ1) is 6.79. The van der Waals surface area contributed by atoms with Crippen molar-refractivity contribution in [2.45, 2.75) is 0 Å². The molecule has 0 aliphatic rings. The molecule has 0 spiro atoms. The van der Waals surface area contributed by atoms with Gasteiger partial charge in [-0.25, -0.2) is 0 Å². The lowest BCUT2D eigenvalue weighted by molar-refractivity contribution is 0.112. The molecule has 1 aromatic carbocycles. The van der Waals surface area contributed by atoms with Gasteiger partial charge in [-0.3, -0.25) is 4.79 Å². The molecule has 0 atom stereocenters. The molecule has 2 rings (SSSR count). The molecular weight excluding hydrogens is 178 g/mol. The molecule has 0 unspecified atom stereocenters. The molecule has 0 amide bonds. The third-order valence-corrected chi connectivity index (χ3v) is 1.92. The fourth-order valence-corrected chi connectivity index (χ4v) is 1.25. The summed E-state index contributed by atoms with van der Waals surface area (Å²) >= 11 is 0. The van der Waals surface area contributed by atoms with Gasteiger partial charge in [0.25, 0.3) is 0 Å². The minimum atomic E-state index is 0.646. The van der Waals surface area contributed by atoms with Crippen LogP contribution in [0.5, 0.6) is 0 Å². The first-order valence-corrected chi connectivity index (χ1v) is 4.21. The summed E-state index contributed by atoms with van der Waals surface area (Å²) in [4.78, 5) is 12.0. The zero-order valence-corrected chi connectivity index (χ0v) is 7.71. The number of nitrogens with zero attached hydrogens (tertiary/aromatic N) is 3. The Hall–Kier alpha value is -1.97. The lowest BCUT2D eigenvalue weighted by atomic mass is 10.1. The van der Waals surface area contributed by atoms with E-state index in [1.54, 1.807) is 25.4 Å². The van der Waals surface area contributed by atoms with E-state index in [4.69, 9.17) is 0 Å². The van der Waals surface area contributed by atoms with Gasteiger partial charge in [-0.2, -0.15) is 15.0 Å². The number of rotatable bonds is 2. The molecule has 0 radical (unpaired) electrons. The quantitative estimate of drug-likeness (QED) is 0.665. The predicted molar refractivity (Wildman–Crippen MR) is 51.8 cm³/mol. The van der Waals surface area contributed by atoms with E-state index >= 15 is 0 Å². The van der Waals surface area contributed by atoms with E-state index in [0.717, 1.165) is 17.5 Å². The first kappa shape index (κ1) is 8.62. The summed E-state index contributed by atoms with van der Waals surface area (Å²) in [5, 5.41) is 8.11. The lowest BCUT2D eigenvalue weighted by Crippen LogP contribution is -1.91. The maximum absolute atomic E-state index is 10.6. The Balaban J connectivity index is 2.46. The van der Waals surface area contributed by atoms with E-state index in [9.17, 15) is 4.79 Å². The van der Waals surface area contributed by atoms with Crippen LogP contribution in [-0.2, 0) is 7.05 Å². The molecule has 4 heteroatoms. The topological polar surface area (TPSA) is 47.8 Å². The van der Waals surface area contributed by atoms with Crippen LogP contribution in [0.25, 0.3) is 11.3 Å². The minimum absolute atomic E-state index is 0.646. The third kappa shape index (κ3) is 1.54. The van der Waals surface area contributed by atoms with Gasteiger partial charge >= 0.3 is 0 Å². The van der Waals surface area contributed by atoms with Crippen LogP contribution in [0, 0.1) is 0 Å². The van der Waals surface area contributed by atoms with E-state index in [-0.39, 0.29) is 0 Å². The standard InChI is InChI=1S/C10H9N3O/c1-13-11-6-10(12-13)9-4-2-3-8(5-9)7-14/h2-7H,1H3. The number of aryl methyl sites for hydroxylation is 1. The summed E-state index contributed by atoms with van der Waals surface area (Å²) in [6, 6.07) is 7.27. The second-order valence-corrected chi connectivity index (χ2v) is 2.96. The largest absolute Gasteiger partial charge is 0.298 e. The van der Waals surface area contributed by atoms with Crippen molar-refractivity contribution in [2.24, 2.45) is 7.05 Å². The van der Waals surface area contributed by atoms with Crippen LogP contribution in [-0.4, -0.2) is 21.3 Å². The molecule has 0 bridgehead atoms. The van der Waals surface area contributed by atoms with Crippen molar-refractivity contribution >= 4 is 6.29 Å². The molecule has 70 valence electrons. The molecule has 1 aromatic heterocycles. The van der Waals surface area contributed by atoms with Crippen LogP contribution < -0.4 is 0 Å². The molecule has 0 aliphatic carbocycles. The smallest absolute Gasteiger partial charge is 0.150 e. The molecule has 0 saturated carbocycles. The van der Waals surface area contributed by atoms with E-state index < -0.39 is 0 Å². The zero-order chi connectivity index (χ0) is 9.97. The average Bonchev–Trinajstić information content (AvgIpc) is 2.65. The van der Waals surface area contributed by atoms with Crippen LogP contribution in [0.4, 0.5) is 0 Å². The molecule has 1 heterocycles. The SMILES string of the molecule is Cn1ncc(-c2cccc(C=O)c2)n1. The number of aldehydes is 1. The molecule has 0 aliphatic heterocycles. The summed E-state index contributed by atoms with van der Waals surface area (Å²) < 4.78 is 0. The Kier molecular flexibility index (Phi) is 2.10. The van der Waals surface area contributed by atoms with Crippen molar-refractivity contribution in [3.8, 4) is 11.3 Å². The maximum atomic E-state index is 10.6. The summed E-state index contributed by atoms with van der Waals surface area (Å²) in [5.41, 5.74) is 2.33. The second-order valence-electron chi connectivity index (χ2n) is 2.96. The Morgan fingerprint density at radius 3 is 2.93 bits per heavy atom. The van der Waals surface area contributed by atoms with Gasteiger partial charge in [-0.05, 0) is 6.07 Å². The van der Waals surface area contributed by atoms with Crippen LogP contribution >= 0.6 is 0 Å². The van der Waals surface area contributed by atoms with E-state index in [1.807, 2.05) is 12.1 Å². The normalized spacial score (nSPS) is 10.1. The molecule has 0 saturated heterocycles. The number of carbonyl (C=O) groups excluding carboxylic acids is 1. The maximum Gasteiger partial charge on any atom is 0.150 e. The van der Waals surface area contributed by atoms with Crippen LogP contribution in [0.1, 0.15) is 10.4 Å². The van der Waals surface area contributed by atoms with Gasteiger partial charge < -0.3 is 0 Å². The lowest BCUT2D eigenvalue weighted by Gasteiger charge is -1.95. The van der Waals surface area contributed by atoms with Gasteiger partial charge in [0.15, 0.2) is 0 Å². The molecular formula is C10H9N3O. The summed E-state index contributed by atoms with van der Waals surface area (Å²) in [6.45, 7) is 0. The van der Waals surface area contributed by atoms with Gasteiger partial charge in [-0.1, -0.05) is 18.2 Å². The average molecular weight is 187 g/mol. The Labute approximate surface area is 81.2 Å². The number of benzene rings is 1. The highest BCUT2D eigenvalue weighted by molar-refractivity contribution is 5.77. The van der Waals surface area contributed by atoms with Crippen LogP contribution in [0.2, 0.25) is 0 Å². The van der Waals surface area contributed by atoms with E-state index in [1.165, 1.54) is 4.80 Å². The molecule has 4 nitrogen and oxygen atoms in total. The monoisotopic (exact) mass is 187 g/mol. The Morgan fingerprint density at radius 1 is 1.43 bits per heavy atom. The summed E-state index contributed by atoms with van der Waals surface area (Å²) in [6.07, 6.45) is 2.49. The zero-order valence-electron chi connectivity index (χ0n) is 7.71. The third-order valence-electron chi connectivity index (χ3n) is 1.92. The first-order valence-electron chi connectivity index (χ1n) is 4.21. The highest BCUT2D eigenvalue weighted by atomic mass is 16.1. The molecule has 2 aromatic rings. The highest BCUT2D eigenvalue weighted by Gasteiger charge is 2.02. The number of hydrogen-bond donors (Lipinski definition) is 0. The van der Waals surface area contributed by atoms with Crippen molar-refractivity contribution in [1.82, 2.24) is 15.0 Å². The van der Waals surface area contributed by atoms with Crippen LogP contribution in [0.3, 0.4) is 0 Å². The fraction of sp³-hybridized carbons (Fsp3) is 0.100. The Morgan fingerprint density at radius 2 is 2.29 bits per heavy atom. The van der Waals surface area contributed by atoms with Gasteiger partial charge in [0.1, 0.15) is 12.0 Å². The fourth-order valence-electron chi connectivity index (χ4n) is 1.25. The Bertz CT molecular complexity index is 462. The van der Waals surface area contributed by atoms with Gasteiger partial charge in [0.05, 0.1) is 6.20 Å². The summed E-state index contributed by atoms with van der Waals surface area (Å²) in [7, 11) is 1.76. The van der Waals surface area contributed by atoms with Crippen molar-refractivity contribution in [1.29, 1.82) is 0 Å². The van der Waals surface area contributed by atoms with Crippen molar-refractivity contribution in [2.75, 3.05) is 0 Å². The molecule has 14 heavy (non-hydrogen) atoms. The van der Waals surface area contributed by atoms with E-state index in [0.29, 0.717) is 5.56 Å². The van der Waals surface area contributed by atoms with Crippen molar-refractivity contribution in [3.05, 3.63) is 36.0 Å². The van der Waals surface area contributed by atoms with Crippen molar-refractivity contribution < 1.29 is 4.79 Å². The van der Waals surface area contributed by atoms with Gasteiger partial charge in [-0.15, -0.1) is 0 Å². The molecule has 0 N–H and O–H groups in total. The predicted octanol–water partition coefficient (Wildman–Crippen LogP) is 1.29. The van der Waals surface area contributed by atoms with Gasteiger partial charge in [0, 0.05) is 18.2 Å².